The molecule has 0 aliphatic rings. The van der Waals surface area contributed by atoms with Crippen LogP contribution in [0.4, 0.5) is 36.4 Å². The molecule has 6 nitrogen and oxygen atoms in total. The molecule has 3 aromatic carbocycles. The quantitative estimate of drug-likeness (QED) is 0.116. The topological polar surface area (TPSA) is 79.8 Å². The van der Waals surface area contributed by atoms with E-state index in [1.165, 1.54) is 19.2 Å². The van der Waals surface area contributed by atoms with Crippen LogP contribution in [-0.2, 0) is 10.5 Å². The van der Waals surface area contributed by atoms with Gasteiger partial charge in [0.05, 0.1) is 17.7 Å². The van der Waals surface area contributed by atoms with Crippen molar-refractivity contribution in [2.24, 2.45) is 5.16 Å². The molecule has 2 N–H and O–H groups in total. The minimum atomic E-state index is -6.28. The molecule has 0 aliphatic carbocycles. The van der Waals surface area contributed by atoms with Crippen LogP contribution in [0.1, 0.15) is 37.4 Å². The van der Waals surface area contributed by atoms with Gasteiger partial charge in [-0.05, 0) is 53.3 Å². The van der Waals surface area contributed by atoms with E-state index in [1.807, 2.05) is 22.6 Å². The summed E-state index contributed by atoms with van der Waals surface area (Å²) in [6, 6.07) is 14.6. The molecule has 0 unspecified atom stereocenters. The van der Waals surface area contributed by atoms with Crippen molar-refractivity contribution in [2.75, 3.05) is 19.0 Å². The molecule has 0 atom stereocenters. The Balaban J connectivity index is 1.88. The van der Waals surface area contributed by atoms with Crippen molar-refractivity contribution in [1.29, 1.82) is 0 Å². The van der Waals surface area contributed by atoms with Crippen molar-refractivity contribution >= 4 is 45.8 Å². The fraction of sp³-hybridized carbons (Fsp3) is 0.222. The van der Waals surface area contributed by atoms with Gasteiger partial charge < -0.3 is 15.5 Å². The number of alkyl halides is 7. The van der Waals surface area contributed by atoms with Crippen molar-refractivity contribution in [3.05, 3.63) is 98.1 Å². The van der Waals surface area contributed by atoms with Crippen LogP contribution in [0, 0.1) is 10.5 Å². The number of rotatable bonds is 8. The molecule has 0 aromatic heterocycles. The van der Waals surface area contributed by atoms with Gasteiger partial charge >= 0.3 is 18.0 Å². The van der Waals surface area contributed by atoms with E-state index in [1.54, 1.807) is 36.4 Å². The van der Waals surface area contributed by atoms with E-state index < -0.39 is 35.4 Å². The Hall–Kier alpha value is -3.69. The largest absolute Gasteiger partial charge is 0.435 e. The van der Waals surface area contributed by atoms with Gasteiger partial charge in [-0.3, -0.25) is 9.59 Å². The van der Waals surface area contributed by atoms with E-state index in [9.17, 15) is 40.3 Å². The lowest BCUT2D eigenvalue weighted by Crippen LogP contribution is -2.50. The van der Waals surface area contributed by atoms with Crippen molar-refractivity contribution < 1.29 is 45.2 Å². The number of nitrogens with zero attached hydrogens (tertiary/aromatic N) is 1. The molecule has 2 amide bonds. The average Bonchev–Trinajstić information content (AvgIpc) is 2.90. The fourth-order valence-electron chi connectivity index (χ4n) is 3.82. The summed E-state index contributed by atoms with van der Waals surface area (Å²) in [5.41, 5.74) is -6.87. The number of halogens is 8. The summed E-state index contributed by atoms with van der Waals surface area (Å²) in [6.45, 7) is 1.03. The summed E-state index contributed by atoms with van der Waals surface area (Å²) >= 11 is 1.83. The molecule has 0 radical (unpaired) electrons. The molecule has 0 heterocycles. The number of amides is 2. The molecule has 0 bridgehead atoms. The molecule has 3 aromatic rings. The van der Waals surface area contributed by atoms with Crippen LogP contribution in [0.3, 0.4) is 0 Å². The summed E-state index contributed by atoms with van der Waals surface area (Å²) in [4.78, 5) is 31.1. The Morgan fingerprint density at radius 2 is 1.51 bits per heavy atom. The van der Waals surface area contributed by atoms with Crippen LogP contribution < -0.4 is 10.6 Å². The Labute approximate surface area is 243 Å². The number of anilines is 1. The molecule has 0 saturated heterocycles. The third kappa shape index (κ3) is 6.80. The number of nitrogens with one attached hydrogen (secondary N) is 2. The highest BCUT2D eigenvalue weighted by Crippen LogP contribution is 2.53. The normalized spacial score (nSPS) is 12.6. The highest BCUT2D eigenvalue weighted by Gasteiger charge is 2.73. The number of aryl methyl sites for hydroxylation is 1. The molecular weight excluding hydrogens is 674 g/mol. The molecule has 0 spiro atoms. The molecule has 14 heteroatoms. The minimum absolute atomic E-state index is 0.0402. The van der Waals surface area contributed by atoms with Crippen molar-refractivity contribution in [1.82, 2.24) is 5.32 Å². The van der Waals surface area contributed by atoms with Crippen LogP contribution in [0.25, 0.3) is 0 Å². The summed E-state index contributed by atoms with van der Waals surface area (Å²) in [7, 11) is 1.33. The first-order valence-corrected chi connectivity index (χ1v) is 12.7. The smallest absolute Gasteiger partial charge is 0.399 e. The predicted molar refractivity (Wildman–Crippen MR) is 146 cm³/mol. The molecule has 218 valence electrons. The molecule has 3 rings (SSSR count). The summed E-state index contributed by atoms with van der Waals surface area (Å²) in [6.07, 6.45) is -12.6. The predicted octanol–water partition coefficient (Wildman–Crippen LogP) is 6.92. The SMILES string of the molecule is CON=C(CNC(=O)c1c(I)cccc1C(=O)Nc1ccc(C(F)(C(F)(F)F)C(F)(F)F)cc1C)c1ccccc1. The third-order valence-corrected chi connectivity index (χ3v) is 6.76. The number of hydrogen-bond acceptors (Lipinski definition) is 4. The van der Waals surface area contributed by atoms with Crippen molar-refractivity contribution in [3.63, 3.8) is 0 Å². The van der Waals surface area contributed by atoms with Crippen LogP contribution in [0.5, 0.6) is 0 Å². The lowest BCUT2D eigenvalue weighted by atomic mass is 9.92. The van der Waals surface area contributed by atoms with Crippen molar-refractivity contribution in [2.45, 2.75) is 24.9 Å². The number of hydrogen-bond donors (Lipinski definition) is 2. The van der Waals surface area contributed by atoms with Gasteiger partial charge in [0.1, 0.15) is 12.8 Å². The van der Waals surface area contributed by atoms with Gasteiger partial charge in [-0.25, -0.2) is 4.39 Å². The molecule has 0 aliphatic heterocycles. The number of carbonyl (C=O) groups is 2. The first kappa shape index (κ1) is 31.8. The van der Waals surface area contributed by atoms with Crippen molar-refractivity contribution in [3.8, 4) is 0 Å². The maximum Gasteiger partial charge on any atom is 0.435 e. The standard InChI is InChI=1S/C27H21F7IN3O3/c1-15-13-17(25(28,26(29,30)31)27(32,33)34)11-12-20(15)37-23(39)18-9-6-10-19(35)22(18)24(40)36-14-21(38-41-2)16-7-4-3-5-8-16/h3-13H,14H2,1-2H3,(H,36,40)(H,37,39). The monoisotopic (exact) mass is 695 g/mol. The van der Waals surface area contributed by atoms with Gasteiger partial charge in [-0.2, -0.15) is 26.3 Å². The van der Waals surface area contributed by atoms with E-state index in [-0.39, 0.29) is 28.9 Å². The Morgan fingerprint density at radius 3 is 2.07 bits per heavy atom. The summed E-state index contributed by atoms with van der Waals surface area (Å²) < 4.78 is 93.7. The molecule has 0 saturated carbocycles. The van der Waals surface area contributed by atoms with Gasteiger partial charge in [0.15, 0.2) is 0 Å². The highest BCUT2D eigenvalue weighted by atomic mass is 127. The van der Waals surface area contributed by atoms with Gasteiger partial charge in [0, 0.05) is 20.4 Å². The lowest BCUT2D eigenvalue weighted by Gasteiger charge is -2.30. The third-order valence-electron chi connectivity index (χ3n) is 5.86. The lowest BCUT2D eigenvalue weighted by molar-refractivity contribution is -0.348. The molecule has 41 heavy (non-hydrogen) atoms. The van der Waals surface area contributed by atoms with Crippen LogP contribution in [0.2, 0.25) is 0 Å². The van der Waals surface area contributed by atoms with E-state index in [2.05, 4.69) is 15.8 Å². The summed E-state index contributed by atoms with van der Waals surface area (Å²) in [5.74, 6) is -1.54. The number of benzene rings is 3. The van der Waals surface area contributed by atoms with E-state index in [4.69, 9.17) is 4.84 Å². The zero-order valence-electron chi connectivity index (χ0n) is 21.3. The first-order valence-electron chi connectivity index (χ1n) is 11.6. The average molecular weight is 695 g/mol. The first-order chi connectivity index (χ1) is 19.1. The van der Waals surface area contributed by atoms with Gasteiger partial charge in [-0.1, -0.05) is 53.7 Å². The maximum absolute atomic E-state index is 14.5. The second-order valence-electron chi connectivity index (χ2n) is 8.57. The Morgan fingerprint density at radius 1 is 0.878 bits per heavy atom. The minimum Gasteiger partial charge on any atom is -0.399 e. The van der Waals surface area contributed by atoms with Gasteiger partial charge in [-0.15, -0.1) is 0 Å². The van der Waals surface area contributed by atoms with Crippen LogP contribution in [-0.4, -0.2) is 43.5 Å². The highest BCUT2D eigenvalue weighted by molar-refractivity contribution is 14.1. The van der Waals surface area contributed by atoms with Gasteiger partial charge in [0.2, 0.25) is 0 Å². The summed E-state index contributed by atoms with van der Waals surface area (Å²) in [5, 5.41) is 8.94. The van der Waals surface area contributed by atoms with E-state index >= 15 is 0 Å². The van der Waals surface area contributed by atoms with Gasteiger partial charge in [0.25, 0.3) is 11.8 Å². The fourth-order valence-corrected chi connectivity index (χ4v) is 4.56. The second kappa shape index (κ2) is 12.4. The maximum atomic E-state index is 14.5. The number of oxime groups is 1. The Bertz CT molecular complexity index is 1440. The molecule has 0 fully saturated rings. The Kier molecular flexibility index (Phi) is 9.66. The van der Waals surface area contributed by atoms with E-state index in [0.29, 0.717) is 27.0 Å². The zero-order chi connectivity index (χ0) is 30.6. The van der Waals surface area contributed by atoms with E-state index in [0.717, 1.165) is 13.0 Å². The zero-order valence-corrected chi connectivity index (χ0v) is 23.4. The van der Waals surface area contributed by atoms with Crippen LogP contribution in [0.15, 0.2) is 71.9 Å². The molecular formula is C27H21F7IN3O3. The number of carbonyl (C=O) groups excluding carboxylic acids is 2. The van der Waals surface area contributed by atoms with Crippen LogP contribution >= 0.6 is 22.6 Å². The second-order valence-corrected chi connectivity index (χ2v) is 9.73.